The summed E-state index contributed by atoms with van der Waals surface area (Å²) in [6, 6.07) is 9.01. The Labute approximate surface area is 162 Å². The maximum absolute atomic E-state index is 13.2. The Morgan fingerprint density at radius 3 is 2.59 bits per heavy atom. The molecule has 0 spiro atoms. The first kappa shape index (κ1) is 18.7. The molecule has 6 nitrogen and oxygen atoms in total. The van der Waals surface area contributed by atoms with Crippen LogP contribution in [0.5, 0.6) is 23.0 Å². The molecule has 3 aromatic rings. The molecule has 0 fully saturated rings. The van der Waals surface area contributed by atoms with Crippen LogP contribution < -0.4 is 19.5 Å². The Hall–Kier alpha value is -3.62. The van der Waals surface area contributed by atoms with Crippen molar-refractivity contribution >= 4 is 11.6 Å². The third-order valence-corrected chi connectivity index (χ3v) is 4.23. The van der Waals surface area contributed by atoms with Crippen molar-refractivity contribution in [2.75, 3.05) is 12.1 Å². The summed E-state index contributed by atoms with van der Waals surface area (Å²) < 4.78 is 60.7. The fraction of sp³-hybridized carbons (Fsp3) is 0.150. The van der Waals surface area contributed by atoms with Gasteiger partial charge in [0.05, 0.1) is 23.1 Å². The Morgan fingerprint density at radius 1 is 1.07 bits per heavy atom. The third kappa shape index (κ3) is 3.84. The number of anilines is 1. The molecule has 0 saturated heterocycles. The molecule has 1 aliphatic rings. The number of nitrogens with one attached hydrogen (secondary N) is 1. The highest BCUT2D eigenvalue weighted by Gasteiger charge is 2.31. The van der Waals surface area contributed by atoms with E-state index in [-0.39, 0.29) is 23.8 Å². The van der Waals surface area contributed by atoms with Gasteiger partial charge in [-0.15, -0.1) is 0 Å². The number of carbonyl (C=O) groups is 1. The van der Waals surface area contributed by atoms with E-state index in [1.54, 1.807) is 25.1 Å². The lowest BCUT2D eigenvalue weighted by atomic mass is 10.1. The van der Waals surface area contributed by atoms with Gasteiger partial charge in [0.2, 0.25) is 6.79 Å². The van der Waals surface area contributed by atoms with Crippen LogP contribution in [0.1, 0.15) is 21.7 Å². The second kappa shape index (κ2) is 7.08. The van der Waals surface area contributed by atoms with Crippen LogP contribution in [0.2, 0.25) is 0 Å². The van der Waals surface area contributed by atoms with Gasteiger partial charge in [-0.3, -0.25) is 4.79 Å². The number of hydrogen-bond acceptors (Lipinski definition) is 5. The van der Waals surface area contributed by atoms with Crippen molar-refractivity contribution in [1.82, 2.24) is 0 Å². The maximum Gasteiger partial charge on any atom is 0.416 e. The summed E-state index contributed by atoms with van der Waals surface area (Å²) in [7, 11) is 0. The average Bonchev–Trinajstić information content (AvgIpc) is 3.30. The normalized spacial score (nSPS) is 12.7. The summed E-state index contributed by atoms with van der Waals surface area (Å²) in [4.78, 5) is 12.5. The number of aryl methyl sites for hydroxylation is 1. The fourth-order valence-electron chi connectivity index (χ4n) is 2.77. The molecule has 150 valence electrons. The predicted octanol–water partition coefficient (Wildman–Crippen LogP) is 5.38. The highest BCUT2D eigenvalue weighted by Crippen LogP contribution is 2.40. The lowest BCUT2D eigenvalue weighted by Gasteiger charge is -2.15. The zero-order valence-electron chi connectivity index (χ0n) is 15.0. The zero-order chi connectivity index (χ0) is 20.6. The Balaban J connectivity index is 1.67. The molecule has 0 radical (unpaired) electrons. The van der Waals surface area contributed by atoms with Crippen molar-refractivity contribution in [3.8, 4) is 23.0 Å². The SMILES string of the molecule is Cc1occc1C(=O)Nc1cc(C(F)(F)F)ccc1Oc1ccc2c(c1)OCO2. The number of amides is 1. The first-order valence-corrected chi connectivity index (χ1v) is 8.45. The van der Waals surface area contributed by atoms with Crippen LogP contribution in [0.15, 0.2) is 53.1 Å². The number of benzene rings is 2. The van der Waals surface area contributed by atoms with Gasteiger partial charge in [0.15, 0.2) is 17.2 Å². The molecule has 1 amide bonds. The molecule has 0 unspecified atom stereocenters. The average molecular weight is 405 g/mol. The molecule has 2 heterocycles. The summed E-state index contributed by atoms with van der Waals surface area (Å²) >= 11 is 0. The van der Waals surface area contributed by atoms with E-state index in [2.05, 4.69) is 5.32 Å². The Bertz CT molecular complexity index is 1070. The number of alkyl halides is 3. The van der Waals surface area contributed by atoms with Crippen LogP contribution in [0.4, 0.5) is 18.9 Å². The number of halogens is 3. The molecule has 0 aliphatic carbocycles. The van der Waals surface area contributed by atoms with Gasteiger partial charge in [-0.2, -0.15) is 13.2 Å². The van der Waals surface area contributed by atoms with Crippen molar-refractivity contribution in [2.24, 2.45) is 0 Å². The number of hydrogen-bond donors (Lipinski definition) is 1. The van der Waals surface area contributed by atoms with Crippen LogP contribution in [-0.4, -0.2) is 12.7 Å². The first-order valence-electron chi connectivity index (χ1n) is 8.45. The Kier molecular flexibility index (Phi) is 4.57. The van der Waals surface area contributed by atoms with Gasteiger partial charge in [-0.25, -0.2) is 0 Å². The summed E-state index contributed by atoms with van der Waals surface area (Å²) in [5, 5.41) is 2.46. The van der Waals surface area contributed by atoms with E-state index in [0.29, 0.717) is 23.0 Å². The minimum Gasteiger partial charge on any atom is -0.469 e. The topological polar surface area (TPSA) is 69.9 Å². The minimum absolute atomic E-state index is 0.0337. The van der Waals surface area contributed by atoms with Gasteiger partial charge >= 0.3 is 6.18 Å². The monoisotopic (exact) mass is 405 g/mol. The number of furan rings is 1. The van der Waals surface area contributed by atoms with Crippen molar-refractivity contribution in [3.05, 3.63) is 65.6 Å². The van der Waals surface area contributed by atoms with Crippen molar-refractivity contribution in [2.45, 2.75) is 13.1 Å². The first-order chi connectivity index (χ1) is 13.8. The summed E-state index contributed by atoms with van der Waals surface area (Å²) in [5.41, 5.74) is -0.853. The number of rotatable bonds is 4. The van der Waals surface area contributed by atoms with Gasteiger partial charge in [-0.1, -0.05) is 0 Å². The van der Waals surface area contributed by atoms with Crippen molar-refractivity contribution in [1.29, 1.82) is 0 Å². The van der Waals surface area contributed by atoms with E-state index < -0.39 is 17.6 Å². The lowest BCUT2D eigenvalue weighted by Crippen LogP contribution is -2.14. The summed E-state index contributed by atoms with van der Waals surface area (Å²) in [6.07, 6.45) is -3.26. The smallest absolute Gasteiger partial charge is 0.416 e. The highest BCUT2D eigenvalue weighted by molar-refractivity contribution is 6.05. The second-order valence-electron chi connectivity index (χ2n) is 6.17. The van der Waals surface area contributed by atoms with Crippen molar-refractivity contribution < 1.29 is 36.6 Å². The third-order valence-electron chi connectivity index (χ3n) is 4.23. The standard InChI is InChI=1S/C20H14F3NO5/c1-11-14(6-7-26-11)19(25)24-15-8-12(20(21,22)23)2-4-16(15)29-13-3-5-17-18(9-13)28-10-27-17/h2-9H,10H2,1H3,(H,24,25). The van der Waals surface area contributed by atoms with Crippen molar-refractivity contribution in [3.63, 3.8) is 0 Å². The van der Waals surface area contributed by atoms with Gasteiger partial charge in [0.25, 0.3) is 5.91 Å². The fourth-order valence-corrected chi connectivity index (χ4v) is 2.77. The van der Waals surface area contributed by atoms with Crippen LogP contribution in [0.3, 0.4) is 0 Å². The molecule has 9 heteroatoms. The van der Waals surface area contributed by atoms with E-state index in [0.717, 1.165) is 18.2 Å². The van der Waals surface area contributed by atoms with Crippen LogP contribution in [0, 0.1) is 6.92 Å². The van der Waals surface area contributed by atoms with E-state index >= 15 is 0 Å². The van der Waals surface area contributed by atoms with Gasteiger partial charge < -0.3 is 23.9 Å². The molecule has 29 heavy (non-hydrogen) atoms. The lowest BCUT2D eigenvalue weighted by molar-refractivity contribution is -0.137. The molecular weight excluding hydrogens is 391 g/mol. The molecule has 1 aromatic heterocycles. The van der Waals surface area contributed by atoms with E-state index in [1.165, 1.54) is 12.3 Å². The van der Waals surface area contributed by atoms with E-state index in [9.17, 15) is 18.0 Å². The molecular formula is C20H14F3NO5. The largest absolute Gasteiger partial charge is 0.469 e. The van der Waals surface area contributed by atoms with Gasteiger partial charge in [-0.05, 0) is 43.3 Å². The highest BCUT2D eigenvalue weighted by atomic mass is 19.4. The molecule has 0 bridgehead atoms. The molecule has 4 rings (SSSR count). The van der Waals surface area contributed by atoms with Crippen LogP contribution >= 0.6 is 0 Å². The molecule has 0 atom stereocenters. The number of fused-ring (bicyclic) bond motifs is 1. The molecule has 1 aliphatic heterocycles. The summed E-state index contributed by atoms with van der Waals surface area (Å²) in [5.74, 6) is 1.05. The predicted molar refractivity (Wildman–Crippen MR) is 95.5 cm³/mol. The molecule has 1 N–H and O–H groups in total. The maximum atomic E-state index is 13.2. The van der Waals surface area contributed by atoms with Gasteiger partial charge in [0, 0.05) is 6.07 Å². The summed E-state index contributed by atoms with van der Waals surface area (Å²) in [6.45, 7) is 1.65. The number of carbonyl (C=O) groups excluding carboxylic acids is 1. The number of ether oxygens (including phenoxy) is 3. The Morgan fingerprint density at radius 2 is 1.86 bits per heavy atom. The zero-order valence-corrected chi connectivity index (χ0v) is 15.0. The van der Waals surface area contributed by atoms with Crippen LogP contribution in [0.25, 0.3) is 0 Å². The molecule has 2 aromatic carbocycles. The van der Waals surface area contributed by atoms with Gasteiger partial charge in [0.1, 0.15) is 11.5 Å². The quantitative estimate of drug-likeness (QED) is 0.631. The minimum atomic E-state index is -4.58. The van der Waals surface area contributed by atoms with Crippen LogP contribution in [-0.2, 0) is 6.18 Å². The van der Waals surface area contributed by atoms with E-state index in [1.807, 2.05) is 0 Å². The second-order valence-corrected chi connectivity index (χ2v) is 6.17. The molecule has 0 saturated carbocycles. The van der Waals surface area contributed by atoms with E-state index in [4.69, 9.17) is 18.6 Å².